The van der Waals surface area contributed by atoms with Crippen LogP contribution in [-0.4, -0.2) is 17.2 Å². The lowest BCUT2D eigenvalue weighted by Gasteiger charge is -2.54. The number of para-hydroxylation sites is 2. The largest absolute Gasteiger partial charge is 0.314 e. The summed E-state index contributed by atoms with van der Waals surface area (Å²) in [5, 5.41) is 5.46. The first-order chi connectivity index (χ1) is 14.3. The molecule has 29 heavy (non-hydrogen) atoms. The minimum atomic E-state index is 0.783. The Morgan fingerprint density at radius 1 is 0.828 bits per heavy atom. The molecule has 2 aromatic carbocycles. The van der Waals surface area contributed by atoms with E-state index in [0.29, 0.717) is 0 Å². The van der Waals surface area contributed by atoms with Crippen LogP contribution in [0, 0.1) is 30.6 Å². The van der Waals surface area contributed by atoms with Gasteiger partial charge in [-0.05, 0) is 99.4 Å². The van der Waals surface area contributed by atoms with Crippen molar-refractivity contribution in [1.29, 1.82) is 0 Å². The van der Waals surface area contributed by atoms with Crippen LogP contribution < -0.4 is 5.32 Å². The fraction of sp³-hybridized carbons (Fsp3) is 0.481. The molecule has 4 aliphatic carbocycles. The molecule has 1 aromatic heterocycles. The summed E-state index contributed by atoms with van der Waals surface area (Å²) >= 11 is 0. The van der Waals surface area contributed by atoms with Crippen molar-refractivity contribution in [3.05, 3.63) is 65.9 Å². The van der Waals surface area contributed by atoms with Gasteiger partial charge in [0.2, 0.25) is 0 Å². The van der Waals surface area contributed by atoms with Crippen LogP contribution in [0.3, 0.4) is 0 Å². The van der Waals surface area contributed by atoms with E-state index in [9.17, 15) is 0 Å². The number of nitrogens with one attached hydrogen (secondary N) is 1. The highest BCUT2D eigenvalue weighted by molar-refractivity contribution is 5.87. The molecule has 1 heterocycles. The van der Waals surface area contributed by atoms with Gasteiger partial charge in [0.05, 0.1) is 5.52 Å². The Labute approximate surface area is 174 Å². The lowest BCUT2D eigenvalue weighted by Crippen LogP contribution is -2.54. The van der Waals surface area contributed by atoms with Crippen molar-refractivity contribution >= 4 is 10.9 Å². The highest BCUT2D eigenvalue weighted by atomic mass is 15.0. The summed E-state index contributed by atoms with van der Waals surface area (Å²) in [6, 6.07) is 20.5. The summed E-state index contributed by atoms with van der Waals surface area (Å²) in [7, 11) is 0. The van der Waals surface area contributed by atoms with E-state index in [-0.39, 0.29) is 0 Å². The first-order valence-corrected chi connectivity index (χ1v) is 11.7. The van der Waals surface area contributed by atoms with E-state index in [0.717, 1.165) is 42.7 Å². The molecule has 4 bridgehead atoms. The second-order valence-corrected chi connectivity index (χ2v) is 9.91. The van der Waals surface area contributed by atoms with Crippen molar-refractivity contribution in [2.45, 2.75) is 51.5 Å². The van der Waals surface area contributed by atoms with E-state index in [4.69, 9.17) is 0 Å². The minimum absolute atomic E-state index is 0.783. The van der Waals surface area contributed by atoms with Gasteiger partial charge in [0.25, 0.3) is 0 Å². The Balaban J connectivity index is 1.25. The molecule has 4 fully saturated rings. The average Bonchev–Trinajstić information content (AvgIpc) is 3.01. The van der Waals surface area contributed by atoms with Gasteiger partial charge in [-0.3, -0.25) is 0 Å². The van der Waals surface area contributed by atoms with E-state index in [1.165, 1.54) is 60.0 Å². The van der Waals surface area contributed by atoms with Gasteiger partial charge in [-0.2, -0.15) is 0 Å². The van der Waals surface area contributed by atoms with Crippen LogP contribution in [0.25, 0.3) is 16.6 Å². The Hall–Kier alpha value is -2.06. The molecule has 0 atom stereocenters. The molecule has 4 saturated carbocycles. The normalized spacial score (nSPS) is 30.3. The van der Waals surface area contributed by atoms with Crippen LogP contribution in [0.1, 0.15) is 43.4 Å². The van der Waals surface area contributed by atoms with Gasteiger partial charge in [0, 0.05) is 22.8 Å². The summed E-state index contributed by atoms with van der Waals surface area (Å²) in [6.07, 6.45) is 8.65. The van der Waals surface area contributed by atoms with E-state index >= 15 is 0 Å². The number of hydrogen-bond acceptors (Lipinski definition) is 1. The molecule has 0 unspecified atom stereocenters. The Bertz CT molecular complexity index is 988. The standard InChI is InChI=1S/C27H32N2/c1-18-24(11-12-28-27-21-14-19-13-20(16-21)17-22(27)15-19)25-9-5-6-10-26(25)29(18)23-7-3-2-4-8-23/h2-10,19-22,27-28H,11-17H2,1H3. The monoisotopic (exact) mass is 384 g/mol. The molecule has 3 aromatic rings. The maximum Gasteiger partial charge on any atom is 0.0534 e. The highest BCUT2D eigenvalue weighted by Gasteiger charge is 2.47. The summed E-state index contributed by atoms with van der Waals surface area (Å²) < 4.78 is 2.44. The summed E-state index contributed by atoms with van der Waals surface area (Å²) in [6.45, 7) is 3.40. The van der Waals surface area contributed by atoms with Crippen molar-refractivity contribution in [2.24, 2.45) is 23.7 Å². The molecule has 1 N–H and O–H groups in total. The maximum absolute atomic E-state index is 4.04. The van der Waals surface area contributed by atoms with Crippen molar-refractivity contribution in [3.63, 3.8) is 0 Å². The summed E-state index contributed by atoms with van der Waals surface area (Å²) in [4.78, 5) is 0. The molecule has 150 valence electrons. The Morgan fingerprint density at radius 3 is 2.21 bits per heavy atom. The van der Waals surface area contributed by atoms with Gasteiger partial charge in [0.15, 0.2) is 0 Å². The van der Waals surface area contributed by atoms with Crippen molar-refractivity contribution in [2.75, 3.05) is 6.54 Å². The predicted octanol–water partition coefficient (Wildman–Crippen LogP) is 5.90. The fourth-order valence-electron chi connectivity index (χ4n) is 7.28. The first-order valence-electron chi connectivity index (χ1n) is 11.7. The molecular formula is C27H32N2. The van der Waals surface area contributed by atoms with Crippen molar-refractivity contribution in [1.82, 2.24) is 9.88 Å². The van der Waals surface area contributed by atoms with Gasteiger partial charge >= 0.3 is 0 Å². The number of aromatic nitrogens is 1. The zero-order valence-electron chi connectivity index (χ0n) is 17.5. The first kappa shape index (κ1) is 17.8. The smallest absolute Gasteiger partial charge is 0.0534 e. The summed E-state index contributed by atoms with van der Waals surface area (Å²) in [5.74, 6) is 4.03. The zero-order chi connectivity index (χ0) is 19.4. The number of hydrogen-bond donors (Lipinski definition) is 1. The maximum atomic E-state index is 4.04. The van der Waals surface area contributed by atoms with Crippen LogP contribution in [0.5, 0.6) is 0 Å². The quantitative estimate of drug-likeness (QED) is 0.580. The van der Waals surface area contributed by atoms with Gasteiger partial charge in [0.1, 0.15) is 0 Å². The number of benzene rings is 2. The molecule has 0 saturated heterocycles. The lowest BCUT2D eigenvalue weighted by atomic mass is 9.54. The third-order valence-electron chi connectivity index (χ3n) is 8.24. The number of nitrogens with zero attached hydrogens (tertiary/aromatic N) is 1. The Kier molecular flexibility index (Phi) is 4.30. The second-order valence-electron chi connectivity index (χ2n) is 9.91. The van der Waals surface area contributed by atoms with Crippen molar-refractivity contribution < 1.29 is 0 Å². The van der Waals surface area contributed by atoms with Crippen LogP contribution in [0.2, 0.25) is 0 Å². The molecule has 7 rings (SSSR count). The highest BCUT2D eigenvalue weighted by Crippen LogP contribution is 2.53. The molecule has 0 aliphatic heterocycles. The van der Waals surface area contributed by atoms with E-state index < -0.39 is 0 Å². The van der Waals surface area contributed by atoms with Gasteiger partial charge in [-0.15, -0.1) is 0 Å². The molecule has 4 aliphatic rings. The van der Waals surface area contributed by atoms with Crippen molar-refractivity contribution in [3.8, 4) is 5.69 Å². The molecule has 0 amide bonds. The molecule has 2 nitrogen and oxygen atoms in total. The van der Waals surface area contributed by atoms with Gasteiger partial charge in [-0.1, -0.05) is 36.4 Å². The molecular weight excluding hydrogens is 352 g/mol. The predicted molar refractivity (Wildman–Crippen MR) is 121 cm³/mol. The summed E-state index contributed by atoms with van der Waals surface area (Å²) in [5.41, 5.74) is 5.51. The number of fused-ring (bicyclic) bond motifs is 1. The minimum Gasteiger partial charge on any atom is -0.314 e. The van der Waals surface area contributed by atoms with E-state index in [1.54, 1.807) is 0 Å². The van der Waals surface area contributed by atoms with Crippen LogP contribution >= 0.6 is 0 Å². The van der Waals surface area contributed by atoms with Gasteiger partial charge in [-0.25, -0.2) is 0 Å². The fourth-order valence-corrected chi connectivity index (χ4v) is 7.28. The number of rotatable bonds is 5. The van der Waals surface area contributed by atoms with Crippen LogP contribution in [-0.2, 0) is 6.42 Å². The Morgan fingerprint density at radius 2 is 1.48 bits per heavy atom. The molecule has 2 heteroatoms. The molecule has 0 spiro atoms. The van der Waals surface area contributed by atoms with Gasteiger partial charge < -0.3 is 9.88 Å². The zero-order valence-corrected chi connectivity index (χ0v) is 17.5. The third-order valence-corrected chi connectivity index (χ3v) is 8.24. The topological polar surface area (TPSA) is 17.0 Å². The van der Waals surface area contributed by atoms with Crippen LogP contribution in [0.15, 0.2) is 54.6 Å². The van der Waals surface area contributed by atoms with E-state index in [1.807, 2.05) is 0 Å². The second kappa shape index (κ2) is 7.02. The SMILES string of the molecule is Cc1c(CCNC2C3CC4CC(C3)CC2C4)c2ccccc2n1-c1ccccc1. The average molecular weight is 385 g/mol. The van der Waals surface area contributed by atoms with E-state index in [2.05, 4.69) is 71.4 Å². The van der Waals surface area contributed by atoms with Crippen LogP contribution in [0.4, 0.5) is 0 Å². The third kappa shape index (κ3) is 2.95. The molecule has 0 radical (unpaired) electrons. The lowest BCUT2D eigenvalue weighted by molar-refractivity contribution is -0.0133.